The molecule has 3 rings (SSSR count). The van der Waals surface area contributed by atoms with Crippen molar-refractivity contribution in [3.05, 3.63) is 60.2 Å². The molecule has 5 heteroatoms. The molecule has 0 aromatic heterocycles. The van der Waals surface area contributed by atoms with Gasteiger partial charge in [-0.25, -0.2) is 0 Å². The lowest BCUT2D eigenvalue weighted by molar-refractivity contribution is -0.495. The van der Waals surface area contributed by atoms with Crippen molar-refractivity contribution < 1.29 is 14.2 Å². The molecule has 24 heavy (non-hydrogen) atoms. The summed E-state index contributed by atoms with van der Waals surface area (Å²) >= 11 is 0. The van der Waals surface area contributed by atoms with E-state index in [2.05, 4.69) is 4.99 Å². The summed E-state index contributed by atoms with van der Waals surface area (Å²) in [5.41, 5.74) is 2.63. The van der Waals surface area contributed by atoms with Crippen LogP contribution < -0.4 is 9.75 Å². The molecule has 5 nitrogen and oxygen atoms in total. The first kappa shape index (κ1) is 15.9. The molecule has 0 spiro atoms. The molecule has 0 saturated heterocycles. The summed E-state index contributed by atoms with van der Waals surface area (Å²) in [7, 11) is 3.50. The van der Waals surface area contributed by atoms with Crippen molar-refractivity contribution in [3.8, 4) is 5.75 Å². The van der Waals surface area contributed by atoms with Gasteiger partial charge >= 0.3 is 5.91 Å². The number of carbonyl (C=O) groups excluding carboxylic acids is 1. The quantitative estimate of drug-likeness (QED) is 0.641. The number of methoxy groups -OCH3 is 1. The number of anilines is 1. The normalized spacial score (nSPS) is 17.9. The molecular weight excluding hydrogens is 302 g/mol. The zero-order valence-electron chi connectivity index (χ0n) is 14.0. The first-order valence-corrected chi connectivity index (χ1v) is 7.75. The summed E-state index contributed by atoms with van der Waals surface area (Å²) in [5, 5.41) is 1.66. The van der Waals surface area contributed by atoms with Crippen LogP contribution in [-0.2, 0) is 4.79 Å². The molecule has 2 aromatic rings. The molecule has 1 atom stereocenters. The molecule has 0 aliphatic carbocycles. The van der Waals surface area contributed by atoms with Crippen LogP contribution >= 0.6 is 0 Å². The lowest BCUT2D eigenvalue weighted by atomic mass is 10.2. The van der Waals surface area contributed by atoms with Gasteiger partial charge in [-0.05, 0) is 29.8 Å². The molecule has 1 heterocycles. The van der Waals surface area contributed by atoms with Crippen LogP contribution in [-0.4, -0.2) is 42.7 Å². The number of amides is 1. The summed E-state index contributed by atoms with van der Waals surface area (Å²) in [6.07, 6.45) is 1.72. The van der Waals surface area contributed by atoms with Gasteiger partial charge in [-0.3, -0.25) is 9.79 Å². The van der Waals surface area contributed by atoms with Gasteiger partial charge in [0.1, 0.15) is 11.4 Å². The Morgan fingerprint density at radius 3 is 2.62 bits per heavy atom. The number of hydrogen-bond donors (Lipinski definition) is 0. The number of nitrogens with zero attached hydrogens (tertiary/aromatic N) is 3. The highest BCUT2D eigenvalue weighted by Gasteiger charge is 2.44. The largest absolute Gasteiger partial charge is 0.497 e. The molecule has 1 unspecified atom stereocenters. The molecular formula is C19H20N3O2+. The van der Waals surface area contributed by atoms with E-state index in [1.54, 1.807) is 18.3 Å². The summed E-state index contributed by atoms with van der Waals surface area (Å²) in [5.74, 6) is 0.709. The minimum Gasteiger partial charge on any atom is -0.497 e. The van der Waals surface area contributed by atoms with Crippen LogP contribution in [0.15, 0.2) is 59.6 Å². The van der Waals surface area contributed by atoms with Crippen molar-refractivity contribution in [1.82, 2.24) is 0 Å². The fourth-order valence-electron chi connectivity index (χ4n) is 2.70. The molecule has 1 amide bonds. The Labute approximate surface area is 141 Å². The Morgan fingerprint density at radius 2 is 1.92 bits per heavy atom. The van der Waals surface area contributed by atoms with E-state index in [-0.39, 0.29) is 5.91 Å². The van der Waals surface area contributed by atoms with E-state index in [4.69, 9.17) is 4.74 Å². The van der Waals surface area contributed by atoms with Gasteiger partial charge < -0.3 is 4.74 Å². The number of rotatable bonds is 4. The first-order valence-electron chi connectivity index (χ1n) is 7.75. The fraction of sp³-hybridized carbons (Fsp3) is 0.211. The lowest BCUT2D eigenvalue weighted by Crippen LogP contribution is -2.35. The predicted molar refractivity (Wildman–Crippen MR) is 95.2 cm³/mol. The Bertz CT molecular complexity index is 812. The second-order valence-corrected chi connectivity index (χ2v) is 5.61. The van der Waals surface area contributed by atoms with Gasteiger partial charge in [0.2, 0.25) is 11.8 Å². The Morgan fingerprint density at radius 1 is 1.17 bits per heavy atom. The maximum atomic E-state index is 12.8. The number of para-hydroxylation sites is 1. The number of hydrogen-bond acceptors (Lipinski definition) is 3. The third-order valence-electron chi connectivity index (χ3n) is 4.12. The molecule has 0 radical (unpaired) electrons. The molecule has 0 bridgehead atoms. The van der Waals surface area contributed by atoms with E-state index in [9.17, 15) is 4.79 Å². The average Bonchev–Trinajstić information content (AvgIpc) is 2.83. The van der Waals surface area contributed by atoms with Gasteiger partial charge in [-0.1, -0.05) is 35.3 Å². The predicted octanol–water partition coefficient (Wildman–Crippen LogP) is 2.55. The molecule has 0 N–H and O–H groups in total. The third-order valence-corrected chi connectivity index (χ3v) is 4.12. The van der Waals surface area contributed by atoms with Crippen LogP contribution in [0.1, 0.15) is 12.5 Å². The van der Waals surface area contributed by atoms with E-state index < -0.39 is 6.04 Å². The van der Waals surface area contributed by atoms with Crippen molar-refractivity contribution in [2.45, 2.75) is 13.0 Å². The van der Waals surface area contributed by atoms with Gasteiger partial charge in [0, 0.05) is 13.1 Å². The minimum atomic E-state index is -0.513. The first-order chi connectivity index (χ1) is 11.6. The molecule has 2 aromatic carbocycles. The number of aliphatic imine (C=N–C) groups is 1. The van der Waals surface area contributed by atoms with Crippen molar-refractivity contribution in [2.75, 3.05) is 19.2 Å². The fourth-order valence-corrected chi connectivity index (χ4v) is 2.70. The Balaban J connectivity index is 1.87. The minimum absolute atomic E-state index is 0.0552. The van der Waals surface area contributed by atoms with Crippen LogP contribution in [0.4, 0.5) is 5.69 Å². The number of carbonyl (C=O) groups is 1. The maximum absolute atomic E-state index is 12.8. The second kappa shape index (κ2) is 6.66. The molecule has 1 aliphatic heterocycles. The van der Waals surface area contributed by atoms with Crippen LogP contribution in [0.25, 0.3) is 0 Å². The Hall–Kier alpha value is -2.95. The Kier molecular flexibility index (Phi) is 4.42. The zero-order chi connectivity index (χ0) is 17.1. The molecule has 0 fully saturated rings. The van der Waals surface area contributed by atoms with E-state index in [0.717, 1.165) is 22.7 Å². The third kappa shape index (κ3) is 2.93. The molecule has 122 valence electrons. The van der Waals surface area contributed by atoms with Gasteiger partial charge in [0.15, 0.2) is 7.05 Å². The van der Waals surface area contributed by atoms with Crippen molar-refractivity contribution in [2.24, 2.45) is 4.99 Å². The van der Waals surface area contributed by atoms with E-state index in [1.165, 1.54) is 0 Å². The summed E-state index contributed by atoms with van der Waals surface area (Å²) < 4.78 is 7.06. The summed E-state index contributed by atoms with van der Waals surface area (Å²) in [4.78, 5) is 17.3. The number of hydrazone groups is 1. The van der Waals surface area contributed by atoms with E-state index in [1.807, 2.05) is 73.3 Å². The van der Waals surface area contributed by atoms with E-state index in [0.29, 0.717) is 0 Å². The smallest absolute Gasteiger partial charge is 0.318 e. The van der Waals surface area contributed by atoms with E-state index >= 15 is 0 Å². The monoisotopic (exact) mass is 322 g/mol. The summed E-state index contributed by atoms with van der Waals surface area (Å²) in [6.45, 7) is 1.93. The average molecular weight is 322 g/mol. The van der Waals surface area contributed by atoms with Crippen LogP contribution in [0, 0.1) is 0 Å². The second-order valence-electron chi connectivity index (χ2n) is 5.61. The van der Waals surface area contributed by atoms with Crippen molar-refractivity contribution >= 4 is 23.5 Å². The highest BCUT2D eigenvalue weighted by Crippen LogP contribution is 2.21. The van der Waals surface area contributed by atoms with Gasteiger partial charge in [0.05, 0.1) is 7.11 Å². The number of ether oxygens (including phenoxy) is 1. The van der Waals surface area contributed by atoms with Crippen molar-refractivity contribution in [3.63, 3.8) is 0 Å². The number of benzene rings is 2. The zero-order valence-corrected chi connectivity index (χ0v) is 14.0. The maximum Gasteiger partial charge on any atom is 0.318 e. The van der Waals surface area contributed by atoms with Gasteiger partial charge in [0.25, 0.3) is 0 Å². The van der Waals surface area contributed by atoms with Gasteiger partial charge in [-0.15, -0.1) is 4.68 Å². The summed E-state index contributed by atoms with van der Waals surface area (Å²) in [6, 6.07) is 16.7. The number of hydrazine groups is 1. The lowest BCUT2D eigenvalue weighted by Gasteiger charge is -2.10. The SMILES string of the molecule is COc1cccc(C=NC2C(=O)N(c3ccccc3)[N+](C)=C2C)c1. The highest BCUT2D eigenvalue weighted by molar-refractivity contribution is 6.15. The molecule has 0 saturated carbocycles. The van der Waals surface area contributed by atoms with Crippen LogP contribution in [0.5, 0.6) is 5.75 Å². The molecule has 1 aliphatic rings. The van der Waals surface area contributed by atoms with Crippen LogP contribution in [0.3, 0.4) is 0 Å². The topological polar surface area (TPSA) is 44.9 Å². The van der Waals surface area contributed by atoms with Gasteiger partial charge in [-0.2, -0.15) is 0 Å². The highest BCUT2D eigenvalue weighted by atomic mass is 16.5. The van der Waals surface area contributed by atoms with Crippen LogP contribution in [0.2, 0.25) is 0 Å². The standard InChI is InChI=1S/C19H20N3O2/c1-14-18(20-13-15-8-7-11-17(12-15)24-3)19(23)22(21(14)2)16-9-5-4-6-10-16/h4-13,18H,1-3H3/q+1. The van der Waals surface area contributed by atoms with Crippen molar-refractivity contribution in [1.29, 1.82) is 0 Å².